The van der Waals surface area contributed by atoms with Crippen LogP contribution >= 0.6 is 0 Å². The van der Waals surface area contributed by atoms with Gasteiger partial charge in [0.15, 0.2) is 0 Å². The first kappa shape index (κ1) is 12.6. The highest BCUT2D eigenvalue weighted by Crippen LogP contribution is 1.96. The summed E-state index contributed by atoms with van der Waals surface area (Å²) < 4.78 is 1.44. The van der Waals surface area contributed by atoms with E-state index in [0.717, 1.165) is 19.4 Å². The number of nitrogens with zero attached hydrogens (tertiary/aromatic N) is 4. The van der Waals surface area contributed by atoms with Crippen LogP contribution in [0.2, 0.25) is 0 Å². The Kier molecular flexibility index (Phi) is 4.91. The third-order valence-corrected chi connectivity index (χ3v) is 2.32. The van der Waals surface area contributed by atoms with Crippen LogP contribution in [0.25, 0.3) is 0 Å². The highest BCUT2D eigenvalue weighted by Gasteiger charge is 2.10. The lowest BCUT2D eigenvalue weighted by atomic mass is 10.3. The molecule has 0 atom stereocenters. The van der Waals surface area contributed by atoms with Gasteiger partial charge in [0.05, 0.1) is 12.8 Å². The van der Waals surface area contributed by atoms with Gasteiger partial charge in [-0.1, -0.05) is 18.6 Å². The monoisotopic (exact) mass is 226 g/mol. The molecular formula is C10H18N4O2. The number of aliphatic hydroxyl groups excluding tert-OH is 1. The van der Waals surface area contributed by atoms with E-state index in [1.165, 1.54) is 4.68 Å². The highest BCUT2D eigenvalue weighted by molar-refractivity contribution is 5.75. The molecule has 0 saturated heterocycles. The van der Waals surface area contributed by atoms with Gasteiger partial charge < -0.3 is 10.0 Å². The highest BCUT2D eigenvalue weighted by atomic mass is 16.3. The number of carbonyl (C=O) groups excluding carboxylic acids is 1. The van der Waals surface area contributed by atoms with Gasteiger partial charge in [-0.15, -0.1) is 5.10 Å². The van der Waals surface area contributed by atoms with Crippen molar-refractivity contribution in [2.75, 3.05) is 13.6 Å². The molecule has 0 radical (unpaired) electrons. The molecule has 1 aromatic heterocycles. The minimum Gasteiger partial charge on any atom is -0.390 e. The molecule has 0 bridgehead atoms. The lowest BCUT2D eigenvalue weighted by molar-refractivity contribution is -0.130. The Balaban J connectivity index is 2.44. The summed E-state index contributed by atoms with van der Waals surface area (Å²) in [6.07, 6.45) is 3.64. The molecule has 16 heavy (non-hydrogen) atoms. The van der Waals surface area contributed by atoms with E-state index in [4.69, 9.17) is 5.11 Å². The molecule has 0 fully saturated rings. The molecule has 0 aliphatic heterocycles. The molecule has 6 heteroatoms. The molecule has 0 unspecified atom stereocenters. The van der Waals surface area contributed by atoms with Crippen molar-refractivity contribution in [3.63, 3.8) is 0 Å². The Morgan fingerprint density at radius 2 is 2.38 bits per heavy atom. The van der Waals surface area contributed by atoms with E-state index in [2.05, 4.69) is 17.2 Å². The maximum atomic E-state index is 11.7. The molecule has 0 spiro atoms. The van der Waals surface area contributed by atoms with Crippen molar-refractivity contribution in [2.45, 2.75) is 32.9 Å². The first-order chi connectivity index (χ1) is 7.67. The van der Waals surface area contributed by atoms with E-state index in [0.29, 0.717) is 5.69 Å². The second-order valence-electron chi connectivity index (χ2n) is 3.73. The summed E-state index contributed by atoms with van der Waals surface area (Å²) in [5.41, 5.74) is 0.476. The number of hydrogen-bond donors (Lipinski definition) is 1. The largest absolute Gasteiger partial charge is 0.390 e. The van der Waals surface area contributed by atoms with Crippen molar-refractivity contribution in [3.05, 3.63) is 11.9 Å². The smallest absolute Gasteiger partial charge is 0.244 e. The van der Waals surface area contributed by atoms with E-state index in [1.54, 1.807) is 18.1 Å². The van der Waals surface area contributed by atoms with E-state index >= 15 is 0 Å². The second-order valence-corrected chi connectivity index (χ2v) is 3.73. The molecule has 90 valence electrons. The summed E-state index contributed by atoms with van der Waals surface area (Å²) in [4.78, 5) is 13.4. The topological polar surface area (TPSA) is 71.2 Å². The van der Waals surface area contributed by atoms with Gasteiger partial charge >= 0.3 is 0 Å². The molecule has 0 aliphatic rings. The number of unbranched alkanes of at least 4 members (excludes halogenated alkanes) is 1. The number of carbonyl (C=O) groups is 1. The van der Waals surface area contributed by atoms with Crippen LogP contribution in [-0.2, 0) is 17.9 Å². The lowest BCUT2D eigenvalue weighted by Crippen LogP contribution is -2.31. The summed E-state index contributed by atoms with van der Waals surface area (Å²) >= 11 is 0. The van der Waals surface area contributed by atoms with Crippen LogP contribution in [0.4, 0.5) is 0 Å². The molecule has 6 nitrogen and oxygen atoms in total. The van der Waals surface area contributed by atoms with Gasteiger partial charge in [0, 0.05) is 13.6 Å². The zero-order chi connectivity index (χ0) is 12.0. The fraction of sp³-hybridized carbons (Fsp3) is 0.700. The number of aliphatic hydroxyl groups is 1. The fourth-order valence-corrected chi connectivity index (χ4v) is 1.27. The normalized spacial score (nSPS) is 10.4. The molecule has 0 saturated carbocycles. The summed E-state index contributed by atoms with van der Waals surface area (Å²) in [7, 11) is 1.78. The Morgan fingerprint density at radius 3 is 2.94 bits per heavy atom. The Labute approximate surface area is 94.9 Å². The van der Waals surface area contributed by atoms with Gasteiger partial charge in [0.2, 0.25) is 5.91 Å². The molecule has 1 aromatic rings. The van der Waals surface area contributed by atoms with Crippen LogP contribution in [0, 0.1) is 0 Å². The fourth-order valence-electron chi connectivity index (χ4n) is 1.27. The molecule has 1 heterocycles. The van der Waals surface area contributed by atoms with E-state index < -0.39 is 0 Å². The number of aromatic nitrogens is 3. The average Bonchev–Trinajstić information content (AvgIpc) is 2.73. The number of hydrogen-bond acceptors (Lipinski definition) is 4. The van der Waals surface area contributed by atoms with Gasteiger partial charge in [0.1, 0.15) is 12.2 Å². The first-order valence-corrected chi connectivity index (χ1v) is 5.41. The zero-order valence-electron chi connectivity index (χ0n) is 9.76. The minimum atomic E-state index is -0.153. The molecule has 1 amide bonds. The zero-order valence-corrected chi connectivity index (χ0v) is 9.76. The van der Waals surface area contributed by atoms with Crippen molar-refractivity contribution >= 4 is 5.91 Å². The van der Waals surface area contributed by atoms with Gasteiger partial charge in [-0.3, -0.25) is 4.79 Å². The maximum absolute atomic E-state index is 11.7. The van der Waals surface area contributed by atoms with Gasteiger partial charge in [-0.25, -0.2) is 4.68 Å². The number of amides is 1. The number of likely N-dealkylation sites (N-methyl/N-ethyl adjacent to an activating group) is 1. The SMILES string of the molecule is CCCCN(C)C(=O)Cn1cc(CO)nn1. The van der Waals surface area contributed by atoms with Crippen molar-refractivity contribution in [2.24, 2.45) is 0 Å². The minimum absolute atomic E-state index is 0.00263. The summed E-state index contributed by atoms with van der Waals surface area (Å²) in [5, 5.41) is 16.2. The molecule has 1 N–H and O–H groups in total. The van der Waals surface area contributed by atoms with Crippen LogP contribution in [0.5, 0.6) is 0 Å². The van der Waals surface area contributed by atoms with Crippen molar-refractivity contribution in [3.8, 4) is 0 Å². The molecule has 1 rings (SSSR count). The summed E-state index contributed by atoms with van der Waals surface area (Å²) in [6.45, 7) is 2.87. The van der Waals surface area contributed by atoms with Crippen LogP contribution in [0.15, 0.2) is 6.20 Å². The third-order valence-electron chi connectivity index (χ3n) is 2.32. The Bertz CT molecular complexity index is 337. The third kappa shape index (κ3) is 3.62. The Morgan fingerprint density at radius 1 is 1.62 bits per heavy atom. The van der Waals surface area contributed by atoms with E-state index in [1.807, 2.05) is 0 Å². The van der Waals surface area contributed by atoms with E-state index in [9.17, 15) is 4.79 Å². The van der Waals surface area contributed by atoms with Crippen molar-refractivity contribution in [1.29, 1.82) is 0 Å². The maximum Gasteiger partial charge on any atom is 0.244 e. The van der Waals surface area contributed by atoms with Gasteiger partial charge in [0.25, 0.3) is 0 Å². The predicted molar refractivity (Wildman–Crippen MR) is 58.5 cm³/mol. The number of rotatable bonds is 6. The van der Waals surface area contributed by atoms with Crippen molar-refractivity contribution in [1.82, 2.24) is 19.9 Å². The molecule has 0 aromatic carbocycles. The standard InChI is InChI=1S/C10H18N4O2/c1-3-4-5-13(2)10(16)7-14-6-9(8-15)11-12-14/h6,15H,3-5,7-8H2,1-2H3. The second kappa shape index (κ2) is 6.22. The van der Waals surface area contributed by atoms with Gasteiger partial charge in [-0.05, 0) is 6.42 Å². The molecule has 0 aliphatic carbocycles. The van der Waals surface area contributed by atoms with Crippen LogP contribution in [0.3, 0.4) is 0 Å². The van der Waals surface area contributed by atoms with Crippen LogP contribution in [0.1, 0.15) is 25.5 Å². The first-order valence-electron chi connectivity index (χ1n) is 5.41. The quantitative estimate of drug-likeness (QED) is 0.742. The summed E-state index contributed by atoms with van der Waals surface area (Å²) in [5.74, 6) is 0.00263. The lowest BCUT2D eigenvalue weighted by Gasteiger charge is -2.16. The van der Waals surface area contributed by atoms with Gasteiger partial charge in [-0.2, -0.15) is 0 Å². The van der Waals surface area contributed by atoms with Crippen molar-refractivity contribution < 1.29 is 9.90 Å². The Hall–Kier alpha value is -1.43. The predicted octanol–water partition coefficient (Wildman–Crippen LogP) is 0.0289. The summed E-state index contributed by atoms with van der Waals surface area (Å²) in [6, 6.07) is 0. The molecular weight excluding hydrogens is 208 g/mol. The van der Waals surface area contributed by atoms with E-state index in [-0.39, 0.29) is 19.1 Å². The average molecular weight is 226 g/mol. The van der Waals surface area contributed by atoms with Crippen LogP contribution in [-0.4, -0.2) is 44.5 Å². The van der Waals surface area contributed by atoms with Crippen LogP contribution < -0.4 is 0 Å².